The molecule has 2 rings (SSSR count). The van der Waals surface area contributed by atoms with Crippen LogP contribution in [-0.4, -0.2) is 25.3 Å². The Balaban J connectivity index is 2.11. The summed E-state index contributed by atoms with van der Waals surface area (Å²) in [6.45, 7) is 2.88. The van der Waals surface area contributed by atoms with E-state index < -0.39 is 0 Å². The van der Waals surface area contributed by atoms with Crippen molar-refractivity contribution in [3.8, 4) is 0 Å². The van der Waals surface area contributed by atoms with Crippen LogP contribution in [0.15, 0.2) is 24.3 Å². The Morgan fingerprint density at radius 2 is 1.89 bits per heavy atom. The number of nitrogens with one attached hydrogen (secondary N) is 1. The molecule has 1 atom stereocenters. The lowest BCUT2D eigenvalue weighted by atomic mass is 9.87. The van der Waals surface area contributed by atoms with Crippen molar-refractivity contribution in [2.75, 3.05) is 13.7 Å². The van der Waals surface area contributed by atoms with Crippen LogP contribution in [0.4, 0.5) is 0 Å². The molecule has 0 aromatic heterocycles. The molecule has 1 N–H and O–H groups in total. The Morgan fingerprint density at radius 3 is 2.42 bits per heavy atom. The highest BCUT2D eigenvalue weighted by molar-refractivity contribution is 6.30. The number of benzene rings is 1. The standard InChI is InChI=1S/C16H24ClNO/c1-3-19-16(10-4-5-11-16)15(18-2)12-13-6-8-14(17)9-7-13/h6-9,15,18H,3-5,10-12H2,1-2H3. The van der Waals surface area contributed by atoms with Gasteiger partial charge in [0.15, 0.2) is 0 Å². The minimum Gasteiger partial charge on any atom is -0.374 e. The molecule has 0 bridgehead atoms. The number of hydrogen-bond donors (Lipinski definition) is 1. The van der Waals surface area contributed by atoms with Crippen LogP contribution in [0, 0.1) is 0 Å². The van der Waals surface area contributed by atoms with E-state index in [1.165, 1.54) is 31.2 Å². The van der Waals surface area contributed by atoms with E-state index in [0.717, 1.165) is 18.1 Å². The fourth-order valence-electron chi connectivity index (χ4n) is 3.26. The van der Waals surface area contributed by atoms with Gasteiger partial charge in [-0.1, -0.05) is 36.6 Å². The first-order chi connectivity index (χ1) is 9.20. The van der Waals surface area contributed by atoms with E-state index in [1.54, 1.807) is 0 Å². The van der Waals surface area contributed by atoms with Gasteiger partial charge in [0.25, 0.3) is 0 Å². The molecule has 1 aliphatic rings. The summed E-state index contributed by atoms with van der Waals surface area (Å²) in [6, 6.07) is 8.52. The first kappa shape index (κ1) is 14.8. The Hall–Kier alpha value is -0.570. The quantitative estimate of drug-likeness (QED) is 0.856. The van der Waals surface area contributed by atoms with E-state index >= 15 is 0 Å². The van der Waals surface area contributed by atoms with Crippen molar-refractivity contribution in [1.29, 1.82) is 0 Å². The van der Waals surface area contributed by atoms with Gasteiger partial charge in [-0.3, -0.25) is 0 Å². The summed E-state index contributed by atoms with van der Waals surface area (Å²) in [6.07, 6.45) is 5.88. The van der Waals surface area contributed by atoms with Crippen LogP contribution in [0.25, 0.3) is 0 Å². The number of halogens is 1. The maximum absolute atomic E-state index is 6.15. The molecule has 1 aromatic carbocycles. The molecule has 0 spiro atoms. The van der Waals surface area contributed by atoms with Crippen molar-refractivity contribution < 1.29 is 4.74 Å². The molecule has 3 heteroatoms. The van der Waals surface area contributed by atoms with Crippen LogP contribution in [0.3, 0.4) is 0 Å². The van der Waals surface area contributed by atoms with E-state index in [2.05, 4.69) is 24.4 Å². The van der Waals surface area contributed by atoms with Crippen molar-refractivity contribution in [2.24, 2.45) is 0 Å². The van der Waals surface area contributed by atoms with Crippen molar-refractivity contribution in [3.05, 3.63) is 34.9 Å². The van der Waals surface area contributed by atoms with Gasteiger partial charge in [-0.05, 0) is 50.9 Å². The number of likely N-dealkylation sites (N-methyl/N-ethyl adjacent to an activating group) is 1. The maximum Gasteiger partial charge on any atom is 0.0837 e. The zero-order chi connectivity index (χ0) is 13.7. The minimum atomic E-state index is 0.0170. The van der Waals surface area contributed by atoms with Gasteiger partial charge in [-0.25, -0.2) is 0 Å². The Kier molecular flexibility index (Phi) is 5.26. The third-order valence-corrected chi connectivity index (χ3v) is 4.47. The topological polar surface area (TPSA) is 21.3 Å². The van der Waals surface area contributed by atoms with Crippen LogP contribution >= 0.6 is 11.6 Å². The maximum atomic E-state index is 6.15. The summed E-state index contributed by atoms with van der Waals surface area (Å²) < 4.78 is 6.15. The van der Waals surface area contributed by atoms with E-state index in [1.807, 2.05) is 19.2 Å². The molecule has 0 aliphatic heterocycles. The molecule has 1 unspecified atom stereocenters. The molecule has 1 saturated carbocycles. The third kappa shape index (κ3) is 3.50. The van der Waals surface area contributed by atoms with Gasteiger partial charge in [0.2, 0.25) is 0 Å². The van der Waals surface area contributed by atoms with Crippen molar-refractivity contribution >= 4 is 11.6 Å². The second-order valence-electron chi connectivity index (χ2n) is 5.38. The van der Waals surface area contributed by atoms with Gasteiger partial charge in [0.1, 0.15) is 0 Å². The van der Waals surface area contributed by atoms with Crippen LogP contribution in [0.2, 0.25) is 5.02 Å². The Labute approximate surface area is 121 Å². The van der Waals surface area contributed by atoms with Crippen LogP contribution in [0.5, 0.6) is 0 Å². The zero-order valence-corrected chi connectivity index (χ0v) is 12.7. The highest BCUT2D eigenvalue weighted by Gasteiger charge is 2.41. The fourth-order valence-corrected chi connectivity index (χ4v) is 3.39. The van der Waals surface area contributed by atoms with Crippen molar-refractivity contribution in [3.63, 3.8) is 0 Å². The van der Waals surface area contributed by atoms with Crippen molar-refractivity contribution in [2.45, 2.75) is 50.7 Å². The highest BCUT2D eigenvalue weighted by atomic mass is 35.5. The Bertz CT molecular complexity index is 384. The highest BCUT2D eigenvalue weighted by Crippen LogP contribution is 2.37. The molecule has 1 fully saturated rings. The monoisotopic (exact) mass is 281 g/mol. The van der Waals surface area contributed by atoms with Crippen LogP contribution in [0.1, 0.15) is 38.2 Å². The Morgan fingerprint density at radius 1 is 1.26 bits per heavy atom. The molecule has 106 valence electrons. The third-order valence-electron chi connectivity index (χ3n) is 4.22. The molecular weight excluding hydrogens is 258 g/mol. The van der Waals surface area contributed by atoms with Crippen LogP contribution in [-0.2, 0) is 11.2 Å². The van der Waals surface area contributed by atoms with Gasteiger partial charge in [0, 0.05) is 17.7 Å². The lowest BCUT2D eigenvalue weighted by Gasteiger charge is -2.37. The van der Waals surface area contributed by atoms with Crippen molar-refractivity contribution in [1.82, 2.24) is 5.32 Å². The lowest BCUT2D eigenvalue weighted by Crippen LogP contribution is -2.51. The molecule has 2 nitrogen and oxygen atoms in total. The zero-order valence-electron chi connectivity index (χ0n) is 11.9. The largest absolute Gasteiger partial charge is 0.374 e. The van der Waals surface area contributed by atoms with Crippen LogP contribution < -0.4 is 5.32 Å². The van der Waals surface area contributed by atoms with E-state index in [-0.39, 0.29) is 5.60 Å². The number of ether oxygens (including phenoxy) is 1. The second-order valence-corrected chi connectivity index (χ2v) is 5.81. The second kappa shape index (κ2) is 6.74. The molecule has 1 aromatic rings. The summed E-state index contributed by atoms with van der Waals surface area (Å²) in [7, 11) is 2.04. The fraction of sp³-hybridized carbons (Fsp3) is 0.625. The molecule has 0 heterocycles. The van der Waals surface area contributed by atoms with Gasteiger partial charge >= 0.3 is 0 Å². The summed E-state index contributed by atoms with van der Waals surface area (Å²) in [4.78, 5) is 0. The summed E-state index contributed by atoms with van der Waals surface area (Å²) in [5.74, 6) is 0. The predicted molar refractivity (Wildman–Crippen MR) is 80.8 cm³/mol. The van der Waals surface area contributed by atoms with Gasteiger partial charge in [-0.2, -0.15) is 0 Å². The smallest absolute Gasteiger partial charge is 0.0837 e. The molecule has 1 aliphatic carbocycles. The number of hydrogen-bond acceptors (Lipinski definition) is 2. The average molecular weight is 282 g/mol. The SMILES string of the molecule is CCOC1(C(Cc2ccc(Cl)cc2)NC)CCCC1. The molecular formula is C16H24ClNO. The molecule has 0 amide bonds. The predicted octanol–water partition coefficient (Wildman–Crippen LogP) is 3.82. The normalized spacial score (nSPS) is 19.5. The van der Waals surface area contributed by atoms with Gasteiger partial charge in [0.05, 0.1) is 5.60 Å². The van der Waals surface area contributed by atoms with E-state index in [4.69, 9.17) is 16.3 Å². The van der Waals surface area contributed by atoms with E-state index in [0.29, 0.717) is 6.04 Å². The summed E-state index contributed by atoms with van der Waals surface area (Å²) in [5.41, 5.74) is 1.33. The first-order valence-corrected chi connectivity index (χ1v) is 7.63. The summed E-state index contributed by atoms with van der Waals surface area (Å²) in [5, 5.41) is 4.27. The van der Waals surface area contributed by atoms with E-state index in [9.17, 15) is 0 Å². The first-order valence-electron chi connectivity index (χ1n) is 7.26. The minimum absolute atomic E-state index is 0.0170. The number of rotatable bonds is 6. The lowest BCUT2D eigenvalue weighted by molar-refractivity contribution is -0.0597. The average Bonchev–Trinajstić information content (AvgIpc) is 2.88. The van der Waals surface area contributed by atoms with Gasteiger partial charge < -0.3 is 10.1 Å². The summed E-state index contributed by atoms with van der Waals surface area (Å²) >= 11 is 5.95. The molecule has 19 heavy (non-hydrogen) atoms. The van der Waals surface area contributed by atoms with Gasteiger partial charge in [-0.15, -0.1) is 0 Å². The molecule has 0 radical (unpaired) electrons. The molecule has 0 saturated heterocycles.